The second kappa shape index (κ2) is 6.71. The molecule has 0 unspecified atom stereocenters. The third kappa shape index (κ3) is 3.41. The molecule has 0 aliphatic heterocycles. The molecule has 0 radical (unpaired) electrons. The molecule has 0 aliphatic carbocycles. The highest BCUT2D eigenvalue weighted by molar-refractivity contribution is 5.89. The van der Waals surface area contributed by atoms with Crippen LogP contribution in [0.15, 0.2) is 42.5 Å². The summed E-state index contributed by atoms with van der Waals surface area (Å²) in [7, 11) is 1.32. The smallest absolute Gasteiger partial charge is 0.337 e. The van der Waals surface area contributed by atoms with Crippen molar-refractivity contribution >= 4 is 11.7 Å². The van der Waals surface area contributed by atoms with Crippen molar-refractivity contribution in [3.63, 3.8) is 0 Å². The molecule has 0 bridgehead atoms. The van der Waals surface area contributed by atoms with E-state index in [0.29, 0.717) is 16.9 Å². The fourth-order valence-corrected chi connectivity index (χ4v) is 1.99. The average Bonchev–Trinajstić information content (AvgIpc) is 2.53. The van der Waals surface area contributed by atoms with E-state index < -0.39 is 10.9 Å². The summed E-state index contributed by atoms with van der Waals surface area (Å²) < 4.78 is 10.2. The first-order valence-corrected chi connectivity index (χ1v) is 6.57. The van der Waals surface area contributed by atoms with Crippen LogP contribution in [0.3, 0.4) is 0 Å². The molecular formula is C16H15NO5. The number of carbonyl (C=O) groups is 1. The van der Waals surface area contributed by atoms with Gasteiger partial charge in [-0.25, -0.2) is 4.79 Å². The minimum absolute atomic E-state index is 0.0714. The fraction of sp³-hybridized carbons (Fsp3) is 0.188. The van der Waals surface area contributed by atoms with Crippen molar-refractivity contribution < 1.29 is 19.2 Å². The SMILES string of the molecule is COC(=O)c1ccc(OCc2cccc([N+](=O)[O-])c2C)cc1. The normalized spacial score (nSPS) is 10.1. The van der Waals surface area contributed by atoms with Crippen LogP contribution in [0.25, 0.3) is 0 Å². The third-order valence-electron chi connectivity index (χ3n) is 3.28. The number of carbonyl (C=O) groups excluding carboxylic acids is 1. The average molecular weight is 301 g/mol. The van der Waals surface area contributed by atoms with Gasteiger partial charge in [0.2, 0.25) is 0 Å². The molecule has 0 atom stereocenters. The number of hydrogen-bond donors (Lipinski definition) is 0. The van der Waals surface area contributed by atoms with E-state index in [9.17, 15) is 14.9 Å². The third-order valence-corrected chi connectivity index (χ3v) is 3.28. The largest absolute Gasteiger partial charge is 0.489 e. The molecule has 2 rings (SSSR count). The number of ether oxygens (including phenoxy) is 2. The molecule has 0 N–H and O–H groups in total. The highest BCUT2D eigenvalue weighted by atomic mass is 16.6. The molecule has 2 aromatic carbocycles. The Morgan fingerprint density at radius 3 is 2.45 bits per heavy atom. The van der Waals surface area contributed by atoms with Crippen LogP contribution in [0.4, 0.5) is 5.69 Å². The first-order chi connectivity index (χ1) is 10.5. The van der Waals surface area contributed by atoms with Gasteiger partial charge in [0.15, 0.2) is 0 Å². The molecule has 0 saturated heterocycles. The van der Waals surface area contributed by atoms with E-state index >= 15 is 0 Å². The van der Waals surface area contributed by atoms with Crippen LogP contribution in [0.5, 0.6) is 5.75 Å². The first-order valence-electron chi connectivity index (χ1n) is 6.57. The van der Waals surface area contributed by atoms with E-state index in [1.807, 2.05) is 0 Å². The molecule has 0 fully saturated rings. The number of benzene rings is 2. The van der Waals surface area contributed by atoms with Gasteiger partial charge in [-0.05, 0) is 36.8 Å². The number of methoxy groups -OCH3 is 1. The zero-order valence-electron chi connectivity index (χ0n) is 12.2. The minimum Gasteiger partial charge on any atom is -0.489 e. The summed E-state index contributed by atoms with van der Waals surface area (Å²) in [5.74, 6) is 0.152. The fourth-order valence-electron chi connectivity index (χ4n) is 1.99. The van der Waals surface area contributed by atoms with Gasteiger partial charge in [-0.1, -0.05) is 12.1 Å². The zero-order chi connectivity index (χ0) is 16.1. The van der Waals surface area contributed by atoms with Crippen molar-refractivity contribution in [1.82, 2.24) is 0 Å². The van der Waals surface area contributed by atoms with Gasteiger partial charge in [-0.3, -0.25) is 10.1 Å². The van der Waals surface area contributed by atoms with Crippen LogP contribution in [0, 0.1) is 17.0 Å². The lowest BCUT2D eigenvalue weighted by Crippen LogP contribution is -2.02. The molecule has 6 heteroatoms. The Kier molecular flexibility index (Phi) is 4.73. The summed E-state index contributed by atoms with van der Waals surface area (Å²) in [6, 6.07) is 11.4. The van der Waals surface area contributed by atoms with E-state index in [1.165, 1.54) is 13.2 Å². The number of rotatable bonds is 5. The van der Waals surface area contributed by atoms with Crippen LogP contribution >= 0.6 is 0 Å². The number of nitro groups is 1. The quantitative estimate of drug-likeness (QED) is 0.481. The maximum absolute atomic E-state index is 11.3. The lowest BCUT2D eigenvalue weighted by molar-refractivity contribution is -0.385. The monoisotopic (exact) mass is 301 g/mol. The van der Waals surface area contributed by atoms with Gasteiger partial charge in [-0.15, -0.1) is 0 Å². The van der Waals surface area contributed by atoms with E-state index in [1.54, 1.807) is 43.3 Å². The maximum atomic E-state index is 11.3. The molecule has 2 aromatic rings. The van der Waals surface area contributed by atoms with E-state index in [0.717, 1.165) is 5.56 Å². The van der Waals surface area contributed by atoms with Gasteiger partial charge in [0, 0.05) is 11.6 Å². The van der Waals surface area contributed by atoms with E-state index in [4.69, 9.17) is 4.74 Å². The Hall–Kier alpha value is -2.89. The van der Waals surface area contributed by atoms with Gasteiger partial charge in [-0.2, -0.15) is 0 Å². The van der Waals surface area contributed by atoms with Crippen molar-refractivity contribution in [2.45, 2.75) is 13.5 Å². The van der Waals surface area contributed by atoms with Crippen LogP contribution in [-0.2, 0) is 11.3 Å². The van der Waals surface area contributed by atoms with Crippen molar-refractivity contribution in [2.75, 3.05) is 7.11 Å². The Morgan fingerprint density at radius 2 is 1.86 bits per heavy atom. The molecule has 0 amide bonds. The van der Waals surface area contributed by atoms with Crippen molar-refractivity contribution in [3.05, 3.63) is 69.3 Å². The van der Waals surface area contributed by atoms with Crippen LogP contribution in [0.1, 0.15) is 21.5 Å². The summed E-state index contributed by atoms with van der Waals surface area (Å²) in [6.45, 7) is 1.91. The summed E-state index contributed by atoms with van der Waals surface area (Å²) >= 11 is 0. The Labute approximate surface area is 127 Å². The lowest BCUT2D eigenvalue weighted by Gasteiger charge is -2.09. The predicted molar refractivity (Wildman–Crippen MR) is 79.9 cm³/mol. The number of nitrogens with zero attached hydrogens (tertiary/aromatic N) is 1. The maximum Gasteiger partial charge on any atom is 0.337 e. The molecule has 0 spiro atoms. The first kappa shape index (κ1) is 15.5. The lowest BCUT2D eigenvalue weighted by atomic mass is 10.1. The van der Waals surface area contributed by atoms with Crippen molar-refractivity contribution in [3.8, 4) is 5.75 Å². The second-order valence-electron chi connectivity index (χ2n) is 4.62. The van der Waals surface area contributed by atoms with Gasteiger partial charge in [0.25, 0.3) is 5.69 Å². The van der Waals surface area contributed by atoms with Gasteiger partial charge < -0.3 is 9.47 Å². The standard InChI is InChI=1S/C16H15NO5/c1-11-13(4-3-5-15(11)17(19)20)10-22-14-8-6-12(7-9-14)16(18)21-2/h3-9H,10H2,1-2H3. The molecule has 22 heavy (non-hydrogen) atoms. The number of hydrogen-bond acceptors (Lipinski definition) is 5. The second-order valence-corrected chi connectivity index (χ2v) is 4.62. The molecule has 0 heterocycles. The zero-order valence-corrected chi connectivity index (χ0v) is 12.2. The Balaban J connectivity index is 2.09. The Morgan fingerprint density at radius 1 is 1.18 bits per heavy atom. The van der Waals surface area contributed by atoms with Gasteiger partial charge in [0.1, 0.15) is 12.4 Å². The molecular weight excluding hydrogens is 286 g/mol. The van der Waals surface area contributed by atoms with E-state index in [2.05, 4.69) is 4.74 Å². The molecule has 0 saturated carbocycles. The molecule has 6 nitrogen and oxygen atoms in total. The van der Waals surface area contributed by atoms with E-state index in [-0.39, 0.29) is 12.3 Å². The molecule has 0 aliphatic rings. The summed E-state index contributed by atoms with van der Waals surface area (Å²) in [4.78, 5) is 21.8. The van der Waals surface area contributed by atoms with Gasteiger partial charge in [0.05, 0.1) is 17.6 Å². The minimum atomic E-state index is -0.416. The van der Waals surface area contributed by atoms with Crippen LogP contribution < -0.4 is 4.74 Å². The topological polar surface area (TPSA) is 78.7 Å². The van der Waals surface area contributed by atoms with Crippen molar-refractivity contribution in [2.24, 2.45) is 0 Å². The summed E-state index contributed by atoms with van der Waals surface area (Å²) in [5.41, 5.74) is 1.83. The number of esters is 1. The van der Waals surface area contributed by atoms with Crippen LogP contribution in [0.2, 0.25) is 0 Å². The molecule has 0 aromatic heterocycles. The predicted octanol–water partition coefficient (Wildman–Crippen LogP) is 3.27. The summed E-state index contributed by atoms with van der Waals surface area (Å²) in [6.07, 6.45) is 0. The molecule has 114 valence electrons. The highest BCUT2D eigenvalue weighted by Crippen LogP contribution is 2.22. The van der Waals surface area contributed by atoms with Gasteiger partial charge >= 0.3 is 5.97 Å². The summed E-state index contributed by atoms with van der Waals surface area (Å²) in [5, 5.41) is 10.9. The number of nitro benzene ring substituents is 1. The highest BCUT2D eigenvalue weighted by Gasteiger charge is 2.13. The van der Waals surface area contributed by atoms with Crippen LogP contribution in [-0.4, -0.2) is 18.0 Å². The Bertz CT molecular complexity index is 694. The van der Waals surface area contributed by atoms with Crippen molar-refractivity contribution in [1.29, 1.82) is 0 Å².